The molecule has 0 saturated carbocycles. The number of nitro groups is 1. The van der Waals surface area contributed by atoms with E-state index in [1.165, 1.54) is 12.1 Å². The van der Waals surface area contributed by atoms with Crippen molar-refractivity contribution < 1.29 is 19.6 Å². The van der Waals surface area contributed by atoms with Gasteiger partial charge in [-0.05, 0) is 0 Å². The number of ketones is 1. The lowest BCUT2D eigenvalue weighted by molar-refractivity contribution is -0.385. The Labute approximate surface area is 123 Å². The molecule has 0 amide bonds. The molecule has 108 valence electrons. The number of benzene rings is 2. The van der Waals surface area contributed by atoms with E-state index in [1.807, 2.05) is 0 Å². The first-order valence-electron chi connectivity index (χ1n) is 5.94. The number of carbonyl (C=O) groups is 2. The normalized spacial score (nSPS) is 9.77. The van der Waals surface area contributed by atoms with Gasteiger partial charge in [-0.15, -0.1) is 0 Å². The second-order valence-corrected chi connectivity index (χ2v) is 4.23. The molecule has 2 aromatic rings. The zero-order valence-electron chi connectivity index (χ0n) is 10.9. The Morgan fingerprint density at radius 2 is 1.73 bits per heavy atom. The topological polar surface area (TPSA) is 128 Å². The van der Waals surface area contributed by atoms with Gasteiger partial charge in [0.2, 0.25) is 11.2 Å². The molecule has 0 spiro atoms. The van der Waals surface area contributed by atoms with Gasteiger partial charge in [0.25, 0.3) is 5.69 Å². The smallest absolute Gasteiger partial charge is 0.403 e. The summed E-state index contributed by atoms with van der Waals surface area (Å²) in [5.41, 5.74) is -2.21. The lowest BCUT2D eigenvalue weighted by atomic mass is 9.98. The average molecular weight is 297 g/mol. The first-order chi connectivity index (χ1) is 10.5. The van der Waals surface area contributed by atoms with Crippen molar-refractivity contribution in [3.63, 3.8) is 0 Å². The van der Waals surface area contributed by atoms with Crippen LogP contribution >= 0.6 is 0 Å². The molecule has 8 nitrogen and oxygen atoms in total. The van der Waals surface area contributed by atoms with Crippen LogP contribution in [-0.4, -0.2) is 16.7 Å². The number of rotatable bonds is 4. The molecule has 2 aromatic carbocycles. The molecule has 0 fully saturated rings. The van der Waals surface area contributed by atoms with Gasteiger partial charge in [0.05, 0.1) is 10.9 Å². The second kappa shape index (κ2) is 5.80. The number of nitro benzene ring substituents is 1. The molecule has 0 N–H and O–H groups in total. The highest BCUT2D eigenvalue weighted by Gasteiger charge is 2.33. The number of carbonyl (C=O) groups excluding carboxylic acids is 2. The van der Waals surface area contributed by atoms with E-state index in [0.29, 0.717) is 6.07 Å². The Bertz CT molecular complexity index is 824. The zero-order valence-corrected chi connectivity index (χ0v) is 10.9. The molecule has 0 atom stereocenters. The van der Waals surface area contributed by atoms with Crippen LogP contribution < -0.4 is 5.11 Å². The predicted octanol–water partition coefficient (Wildman–Crippen LogP) is 1.67. The Hall–Kier alpha value is -3.60. The number of aromatic carboxylic acids is 1. The third kappa shape index (κ3) is 2.64. The highest BCUT2D eigenvalue weighted by atomic mass is 16.6. The van der Waals surface area contributed by atoms with Crippen molar-refractivity contribution in [2.45, 2.75) is 0 Å². The lowest BCUT2D eigenvalue weighted by Crippen LogP contribution is -2.22. The number of carboxylic acid groups (broad SMARTS) is 1. The van der Waals surface area contributed by atoms with Crippen LogP contribution in [0, 0.1) is 15.5 Å². The van der Waals surface area contributed by atoms with Crippen LogP contribution in [0.1, 0.15) is 26.3 Å². The maximum atomic E-state index is 12.4. The molecule has 0 aliphatic carbocycles. The molecule has 0 heterocycles. The maximum Gasteiger partial charge on any atom is 0.403 e. The Morgan fingerprint density at radius 3 is 2.23 bits per heavy atom. The van der Waals surface area contributed by atoms with Crippen LogP contribution in [0.5, 0.6) is 0 Å². The van der Waals surface area contributed by atoms with Gasteiger partial charge in [0.15, 0.2) is 10.5 Å². The average Bonchev–Trinajstić information content (AvgIpc) is 2.53. The van der Waals surface area contributed by atoms with Crippen molar-refractivity contribution in [1.29, 1.82) is 5.39 Å². The second-order valence-electron chi connectivity index (χ2n) is 4.23. The molecular weight excluding hydrogens is 290 g/mol. The SMILES string of the molecule is N#[N+]c1cc(C(=O)[O-])cc([N+](=O)[O-])c1C(=O)c1ccccc1. The summed E-state index contributed by atoms with van der Waals surface area (Å²) in [6, 6.07) is 9.16. The fourth-order valence-electron chi connectivity index (χ4n) is 1.92. The molecule has 22 heavy (non-hydrogen) atoms. The maximum absolute atomic E-state index is 12.4. The van der Waals surface area contributed by atoms with Gasteiger partial charge >= 0.3 is 5.69 Å². The molecule has 0 aliphatic heterocycles. The third-order valence-corrected chi connectivity index (χ3v) is 2.90. The minimum absolute atomic E-state index is 0.136. The zero-order chi connectivity index (χ0) is 16.3. The summed E-state index contributed by atoms with van der Waals surface area (Å²) in [5.74, 6) is -2.45. The van der Waals surface area contributed by atoms with Crippen LogP contribution in [0.15, 0.2) is 42.5 Å². The molecule has 0 saturated heterocycles. The highest BCUT2D eigenvalue weighted by molar-refractivity contribution is 6.15. The molecule has 8 heteroatoms. The standard InChI is InChI=1S/C14H7N3O5/c15-16-10-6-9(14(19)20)7-11(17(21)22)12(10)13(18)8-4-2-1-3-5-8/h1-7H. The Morgan fingerprint density at radius 1 is 1.09 bits per heavy atom. The van der Waals surface area contributed by atoms with Crippen LogP contribution in [0.3, 0.4) is 0 Å². The van der Waals surface area contributed by atoms with Crippen molar-refractivity contribution in [3.8, 4) is 0 Å². The highest BCUT2D eigenvalue weighted by Crippen LogP contribution is 2.32. The van der Waals surface area contributed by atoms with Crippen molar-refractivity contribution in [2.75, 3.05) is 0 Å². The van der Waals surface area contributed by atoms with E-state index in [9.17, 15) is 24.8 Å². The Balaban J connectivity index is 2.74. The minimum Gasteiger partial charge on any atom is -0.545 e. The fourth-order valence-corrected chi connectivity index (χ4v) is 1.92. The van der Waals surface area contributed by atoms with Gasteiger partial charge in [0, 0.05) is 23.3 Å². The van der Waals surface area contributed by atoms with E-state index in [4.69, 9.17) is 5.39 Å². The van der Waals surface area contributed by atoms with Crippen LogP contribution in [-0.2, 0) is 0 Å². The van der Waals surface area contributed by atoms with E-state index >= 15 is 0 Å². The minimum atomic E-state index is -1.69. The molecular formula is C14H7N3O5. The van der Waals surface area contributed by atoms with Crippen LogP contribution in [0.4, 0.5) is 11.4 Å². The van der Waals surface area contributed by atoms with E-state index in [-0.39, 0.29) is 5.56 Å². The van der Waals surface area contributed by atoms with Crippen molar-refractivity contribution in [1.82, 2.24) is 0 Å². The largest absolute Gasteiger partial charge is 0.545 e. The van der Waals surface area contributed by atoms with Crippen molar-refractivity contribution in [2.24, 2.45) is 0 Å². The molecule has 2 rings (SSSR count). The first kappa shape index (κ1) is 14.8. The van der Waals surface area contributed by atoms with Gasteiger partial charge in [-0.25, -0.2) is 0 Å². The van der Waals surface area contributed by atoms with Crippen LogP contribution in [0.25, 0.3) is 4.98 Å². The van der Waals surface area contributed by atoms with E-state index in [1.54, 1.807) is 18.2 Å². The number of hydrogen-bond donors (Lipinski definition) is 0. The van der Waals surface area contributed by atoms with Gasteiger partial charge in [-0.2, -0.15) is 0 Å². The van der Waals surface area contributed by atoms with Crippen LogP contribution in [0.2, 0.25) is 0 Å². The number of nitrogens with zero attached hydrogens (tertiary/aromatic N) is 3. The van der Waals surface area contributed by atoms with Crippen molar-refractivity contribution >= 4 is 23.1 Å². The summed E-state index contributed by atoms with van der Waals surface area (Å²) in [7, 11) is 0. The molecule has 0 aromatic heterocycles. The van der Waals surface area contributed by atoms with E-state index in [2.05, 4.69) is 4.98 Å². The van der Waals surface area contributed by atoms with Gasteiger partial charge < -0.3 is 9.90 Å². The first-order valence-corrected chi connectivity index (χ1v) is 5.94. The number of carboxylic acids is 1. The molecule has 0 bridgehead atoms. The number of diazo groups is 1. The predicted molar refractivity (Wildman–Crippen MR) is 72.0 cm³/mol. The van der Waals surface area contributed by atoms with Crippen molar-refractivity contribution in [3.05, 3.63) is 74.2 Å². The molecule has 0 radical (unpaired) electrons. The third-order valence-electron chi connectivity index (χ3n) is 2.90. The molecule has 0 unspecified atom stereocenters. The van der Waals surface area contributed by atoms with Gasteiger partial charge in [0.1, 0.15) is 0 Å². The quantitative estimate of drug-likeness (QED) is 0.365. The van der Waals surface area contributed by atoms with E-state index in [0.717, 1.165) is 6.07 Å². The molecule has 0 aliphatic rings. The Kier molecular flexibility index (Phi) is 3.90. The van der Waals surface area contributed by atoms with Gasteiger partial charge in [-0.1, -0.05) is 30.3 Å². The fraction of sp³-hybridized carbons (Fsp3) is 0. The summed E-state index contributed by atoms with van der Waals surface area (Å²) in [4.78, 5) is 36.2. The summed E-state index contributed by atoms with van der Waals surface area (Å²) in [6.07, 6.45) is 0. The number of hydrogen-bond acceptors (Lipinski definition) is 6. The summed E-state index contributed by atoms with van der Waals surface area (Å²) >= 11 is 0. The summed E-state index contributed by atoms with van der Waals surface area (Å²) in [5, 5.41) is 30.9. The lowest BCUT2D eigenvalue weighted by Gasteiger charge is -2.04. The summed E-state index contributed by atoms with van der Waals surface area (Å²) < 4.78 is 0. The summed E-state index contributed by atoms with van der Waals surface area (Å²) in [6.45, 7) is 0. The monoisotopic (exact) mass is 297 g/mol. The van der Waals surface area contributed by atoms with Gasteiger partial charge in [-0.3, -0.25) is 14.9 Å². The van der Waals surface area contributed by atoms with E-state index < -0.39 is 39.2 Å².